The number of primary sulfonamides is 1. The molecule has 2 saturated carbocycles. The number of sulfonamides is 2. The fraction of sp³-hybridized carbons (Fsp3) is 1.00. The van der Waals surface area contributed by atoms with Crippen LogP contribution in [0.1, 0.15) is 46.0 Å². The molecule has 0 unspecified atom stereocenters. The number of rotatable bonds is 5. The van der Waals surface area contributed by atoms with Crippen molar-refractivity contribution in [2.24, 2.45) is 5.14 Å². The van der Waals surface area contributed by atoms with E-state index in [9.17, 15) is 16.8 Å². The Morgan fingerprint density at radius 2 is 1.67 bits per heavy atom. The molecule has 2 fully saturated rings. The second kappa shape index (κ2) is 5.44. The lowest BCUT2D eigenvalue weighted by atomic mass is 10.3. The molecule has 8 heteroatoms. The summed E-state index contributed by atoms with van der Waals surface area (Å²) in [6.07, 6.45) is 3.85. The van der Waals surface area contributed by atoms with Gasteiger partial charge in [0.2, 0.25) is 20.0 Å². The standard InChI is InChI=1S/2C5H11NO2S/c1-2-6-9(7,8)5-3-4-5;1-2-5(3-4-5)9(6,7)8/h5-6H,2-4H2,1H3;2-4H2,1H3,(H2,6,7,8). The Morgan fingerprint density at radius 1 is 1.17 bits per heavy atom. The van der Waals surface area contributed by atoms with Gasteiger partial charge in [-0.05, 0) is 32.1 Å². The third kappa shape index (κ3) is 3.91. The quantitative estimate of drug-likeness (QED) is 0.761. The van der Waals surface area contributed by atoms with E-state index in [-0.39, 0.29) is 5.25 Å². The van der Waals surface area contributed by atoms with E-state index in [0.717, 1.165) is 25.7 Å². The molecule has 0 saturated heterocycles. The van der Waals surface area contributed by atoms with Gasteiger partial charge in [0.15, 0.2) is 0 Å². The first-order chi connectivity index (χ1) is 8.18. The summed E-state index contributed by atoms with van der Waals surface area (Å²) in [4.78, 5) is 0. The summed E-state index contributed by atoms with van der Waals surface area (Å²) in [6, 6.07) is 0. The molecule has 6 nitrogen and oxygen atoms in total. The van der Waals surface area contributed by atoms with Crippen LogP contribution in [0.2, 0.25) is 0 Å². The van der Waals surface area contributed by atoms with Gasteiger partial charge in [-0.2, -0.15) is 0 Å². The summed E-state index contributed by atoms with van der Waals surface area (Å²) in [5.41, 5.74) is 0. The third-order valence-corrected chi connectivity index (χ3v) is 7.31. The first-order valence-corrected chi connectivity index (χ1v) is 9.28. The maximum absolute atomic E-state index is 10.9. The van der Waals surface area contributed by atoms with Gasteiger partial charge in [-0.25, -0.2) is 26.7 Å². The van der Waals surface area contributed by atoms with Crippen LogP contribution in [0.5, 0.6) is 0 Å². The van der Waals surface area contributed by atoms with Gasteiger partial charge < -0.3 is 0 Å². The molecule has 0 aliphatic heterocycles. The van der Waals surface area contributed by atoms with E-state index in [0.29, 0.717) is 13.0 Å². The monoisotopic (exact) mass is 298 g/mol. The van der Waals surface area contributed by atoms with Crippen LogP contribution in [0.25, 0.3) is 0 Å². The van der Waals surface area contributed by atoms with E-state index < -0.39 is 24.8 Å². The van der Waals surface area contributed by atoms with Gasteiger partial charge in [0, 0.05) is 6.54 Å². The van der Waals surface area contributed by atoms with Crippen LogP contribution >= 0.6 is 0 Å². The van der Waals surface area contributed by atoms with Crippen molar-refractivity contribution in [3.63, 3.8) is 0 Å². The number of hydrogen-bond acceptors (Lipinski definition) is 4. The maximum atomic E-state index is 10.9. The molecule has 0 aromatic rings. The molecule has 0 radical (unpaired) electrons. The minimum atomic E-state index is -3.24. The molecule has 0 amide bonds. The van der Waals surface area contributed by atoms with Gasteiger partial charge in [0.1, 0.15) is 0 Å². The van der Waals surface area contributed by atoms with E-state index >= 15 is 0 Å². The largest absolute Gasteiger partial charge is 0.228 e. The van der Waals surface area contributed by atoms with E-state index in [2.05, 4.69) is 4.72 Å². The van der Waals surface area contributed by atoms with Crippen molar-refractivity contribution < 1.29 is 16.8 Å². The van der Waals surface area contributed by atoms with Crippen LogP contribution < -0.4 is 9.86 Å². The molecule has 0 spiro atoms. The normalized spacial score (nSPS) is 21.9. The Labute approximate surface area is 109 Å². The van der Waals surface area contributed by atoms with Crippen molar-refractivity contribution in [2.75, 3.05) is 6.54 Å². The highest BCUT2D eigenvalue weighted by molar-refractivity contribution is 7.91. The summed E-state index contributed by atoms with van der Waals surface area (Å²) >= 11 is 0. The van der Waals surface area contributed by atoms with Crippen LogP contribution in [0.15, 0.2) is 0 Å². The zero-order valence-electron chi connectivity index (χ0n) is 10.8. The van der Waals surface area contributed by atoms with Crippen LogP contribution in [0.4, 0.5) is 0 Å². The van der Waals surface area contributed by atoms with Crippen molar-refractivity contribution in [3.8, 4) is 0 Å². The summed E-state index contributed by atoms with van der Waals surface area (Å²) < 4.78 is 45.1. The highest BCUT2D eigenvalue weighted by Gasteiger charge is 2.50. The van der Waals surface area contributed by atoms with Crippen LogP contribution in [-0.4, -0.2) is 33.4 Å². The molecule has 0 atom stereocenters. The molecule has 2 rings (SSSR count). The van der Waals surface area contributed by atoms with Crippen molar-refractivity contribution in [1.29, 1.82) is 0 Å². The average molecular weight is 298 g/mol. The molecular weight excluding hydrogens is 276 g/mol. The Bertz CT molecular complexity index is 464. The highest BCUT2D eigenvalue weighted by Crippen LogP contribution is 2.44. The summed E-state index contributed by atoms with van der Waals surface area (Å²) in [6.45, 7) is 4.16. The van der Waals surface area contributed by atoms with Crippen molar-refractivity contribution in [1.82, 2.24) is 4.72 Å². The fourth-order valence-corrected chi connectivity index (χ4v) is 4.14. The summed E-state index contributed by atoms with van der Waals surface area (Å²) in [7, 11) is -6.13. The van der Waals surface area contributed by atoms with Crippen molar-refractivity contribution in [2.45, 2.75) is 55.9 Å². The van der Waals surface area contributed by atoms with Crippen LogP contribution in [0, 0.1) is 0 Å². The molecule has 0 aromatic heterocycles. The number of nitrogens with one attached hydrogen (secondary N) is 1. The Kier molecular flexibility index (Phi) is 4.80. The summed E-state index contributed by atoms with van der Waals surface area (Å²) in [5.74, 6) is 0. The second-order valence-electron chi connectivity index (χ2n) is 4.82. The first kappa shape index (κ1) is 15.9. The molecule has 0 heterocycles. The topological polar surface area (TPSA) is 106 Å². The predicted octanol–water partition coefficient (Wildman–Crippen LogP) is 0.306. The van der Waals surface area contributed by atoms with E-state index in [1.807, 2.05) is 6.92 Å². The molecule has 108 valence electrons. The van der Waals surface area contributed by atoms with Crippen LogP contribution in [-0.2, 0) is 20.0 Å². The lowest BCUT2D eigenvalue weighted by Gasteiger charge is -2.06. The van der Waals surface area contributed by atoms with E-state index in [4.69, 9.17) is 5.14 Å². The molecule has 0 bridgehead atoms. The minimum Gasteiger partial charge on any atom is -0.228 e. The lowest BCUT2D eigenvalue weighted by Crippen LogP contribution is -2.29. The zero-order chi connectivity index (χ0) is 14.0. The van der Waals surface area contributed by atoms with Gasteiger partial charge in [-0.3, -0.25) is 0 Å². The molecular formula is C10H22N2O4S2. The zero-order valence-corrected chi connectivity index (χ0v) is 12.5. The maximum Gasteiger partial charge on any atom is 0.214 e. The third-order valence-electron chi connectivity index (χ3n) is 3.36. The first-order valence-electron chi connectivity index (χ1n) is 6.19. The average Bonchev–Trinajstić information content (AvgIpc) is 3.11. The molecule has 18 heavy (non-hydrogen) atoms. The molecule has 2 aliphatic carbocycles. The van der Waals surface area contributed by atoms with Gasteiger partial charge in [-0.15, -0.1) is 0 Å². The SMILES string of the molecule is CCC1(S(N)(=O)=O)CC1.CCNS(=O)(=O)C1CC1. The molecule has 0 aromatic carbocycles. The van der Waals surface area contributed by atoms with E-state index in [1.54, 1.807) is 6.92 Å². The van der Waals surface area contributed by atoms with Crippen LogP contribution in [0.3, 0.4) is 0 Å². The van der Waals surface area contributed by atoms with Crippen molar-refractivity contribution in [3.05, 3.63) is 0 Å². The smallest absolute Gasteiger partial charge is 0.214 e. The van der Waals surface area contributed by atoms with Gasteiger partial charge in [0.25, 0.3) is 0 Å². The minimum absolute atomic E-state index is 0.0718. The van der Waals surface area contributed by atoms with Gasteiger partial charge in [-0.1, -0.05) is 13.8 Å². The Balaban J connectivity index is 0.000000180. The Hall–Kier alpha value is -0.180. The highest BCUT2D eigenvalue weighted by atomic mass is 32.2. The van der Waals surface area contributed by atoms with E-state index in [1.165, 1.54) is 0 Å². The van der Waals surface area contributed by atoms with Crippen molar-refractivity contribution >= 4 is 20.0 Å². The number of hydrogen-bond donors (Lipinski definition) is 2. The Morgan fingerprint density at radius 3 is 1.83 bits per heavy atom. The predicted molar refractivity (Wildman–Crippen MR) is 71.0 cm³/mol. The van der Waals surface area contributed by atoms with Gasteiger partial charge >= 0.3 is 0 Å². The number of nitrogens with two attached hydrogens (primary N) is 1. The fourth-order valence-electron chi connectivity index (χ4n) is 1.68. The molecule has 2 aliphatic rings. The molecule has 3 N–H and O–H groups in total. The lowest BCUT2D eigenvalue weighted by molar-refractivity contribution is 0.574. The second-order valence-corrected chi connectivity index (χ2v) is 8.83. The van der Waals surface area contributed by atoms with Gasteiger partial charge in [0.05, 0.1) is 10.00 Å². The summed E-state index contributed by atoms with van der Waals surface area (Å²) in [5, 5.41) is 4.89.